The van der Waals surface area contributed by atoms with Crippen LogP contribution in [0.2, 0.25) is 0 Å². The molecule has 2 heterocycles. The fourth-order valence-corrected chi connectivity index (χ4v) is 5.88. The van der Waals surface area contributed by atoms with Crippen LogP contribution in [0.25, 0.3) is 10.9 Å². The normalized spacial score (nSPS) is 20.5. The van der Waals surface area contributed by atoms with E-state index >= 15 is 0 Å². The van der Waals surface area contributed by atoms with Crippen molar-refractivity contribution in [1.29, 1.82) is 0 Å². The number of nitrogens with zero attached hydrogens (tertiary/aromatic N) is 2. The summed E-state index contributed by atoms with van der Waals surface area (Å²) in [4.78, 5) is 30.1. The number of aromatic amines is 2. The number of nitrogens with one attached hydrogen (secondary N) is 2. The Morgan fingerprint density at radius 1 is 1.06 bits per heavy atom. The molecular formula is C21H30N4O6S. The molecule has 10 nitrogen and oxygen atoms in total. The van der Waals surface area contributed by atoms with Gasteiger partial charge in [-0.05, 0) is 31.0 Å². The Balaban J connectivity index is 1.33. The second-order valence-corrected chi connectivity index (χ2v) is 10.5. The van der Waals surface area contributed by atoms with Crippen LogP contribution in [0, 0.1) is 0 Å². The first-order chi connectivity index (χ1) is 15.3. The number of ether oxygens (including phenoxy) is 1. The van der Waals surface area contributed by atoms with Crippen LogP contribution in [0.4, 0.5) is 0 Å². The first-order valence-electron chi connectivity index (χ1n) is 11.1. The van der Waals surface area contributed by atoms with E-state index in [9.17, 15) is 23.1 Å². The summed E-state index contributed by atoms with van der Waals surface area (Å²) in [6.07, 6.45) is 5.37. The number of benzene rings is 1. The summed E-state index contributed by atoms with van der Waals surface area (Å²) >= 11 is 0. The number of fused-ring (bicyclic) bond motifs is 1. The van der Waals surface area contributed by atoms with Crippen LogP contribution in [0.5, 0.6) is 0 Å². The third-order valence-corrected chi connectivity index (χ3v) is 8.12. The van der Waals surface area contributed by atoms with Crippen LogP contribution in [-0.4, -0.2) is 84.2 Å². The van der Waals surface area contributed by atoms with Gasteiger partial charge in [0.05, 0.1) is 34.6 Å². The van der Waals surface area contributed by atoms with Crippen molar-refractivity contribution < 1.29 is 18.3 Å². The lowest BCUT2D eigenvalue weighted by Crippen LogP contribution is -2.50. The van der Waals surface area contributed by atoms with Crippen molar-refractivity contribution in [3.05, 3.63) is 39.0 Å². The zero-order valence-electron chi connectivity index (χ0n) is 18.0. The summed E-state index contributed by atoms with van der Waals surface area (Å²) in [5.74, 6) is 0. The number of piperazine rings is 1. The van der Waals surface area contributed by atoms with Crippen molar-refractivity contribution in [2.24, 2.45) is 0 Å². The standard InChI is InChI=1S/C21H30N4O6S/c26-15(14-31-16-4-2-1-3-5-16)13-24-8-10-25(11-9-24)32(29,30)17-6-7-19-18(12-17)20(27)23-21(28)22-19/h6-7,12,15-16,26H,1-5,8-11,13-14H2,(H2,22,23,27,28). The number of aliphatic hydroxyl groups is 1. The Hall–Kier alpha value is -2.05. The molecule has 0 bridgehead atoms. The Kier molecular flexibility index (Phi) is 7.11. The van der Waals surface area contributed by atoms with Gasteiger partial charge in [0.15, 0.2) is 0 Å². The van der Waals surface area contributed by atoms with E-state index in [2.05, 4.69) is 9.97 Å². The van der Waals surface area contributed by atoms with Crippen LogP contribution in [0.15, 0.2) is 32.7 Å². The number of hydrogen-bond donors (Lipinski definition) is 3. The Labute approximate surface area is 186 Å². The van der Waals surface area contributed by atoms with Crippen LogP contribution in [0.3, 0.4) is 0 Å². The number of aromatic nitrogens is 2. The zero-order valence-corrected chi connectivity index (χ0v) is 18.8. The number of sulfonamides is 1. The molecule has 1 atom stereocenters. The van der Waals surface area contributed by atoms with E-state index in [1.54, 1.807) is 0 Å². The van der Waals surface area contributed by atoms with Crippen molar-refractivity contribution in [2.75, 3.05) is 39.3 Å². The highest BCUT2D eigenvalue weighted by atomic mass is 32.2. The van der Waals surface area contributed by atoms with Crippen molar-refractivity contribution in [3.63, 3.8) is 0 Å². The first kappa shape index (κ1) is 23.1. The van der Waals surface area contributed by atoms with Gasteiger partial charge in [0.25, 0.3) is 5.56 Å². The fourth-order valence-electron chi connectivity index (χ4n) is 4.44. The number of aliphatic hydroxyl groups excluding tert-OH is 1. The quantitative estimate of drug-likeness (QED) is 0.532. The van der Waals surface area contributed by atoms with Gasteiger partial charge in [0.2, 0.25) is 10.0 Å². The van der Waals surface area contributed by atoms with Gasteiger partial charge in [0.1, 0.15) is 0 Å². The third kappa shape index (κ3) is 5.29. The second-order valence-electron chi connectivity index (χ2n) is 8.57. The Morgan fingerprint density at radius 2 is 1.78 bits per heavy atom. The van der Waals surface area contributed by atoms with Gasteiger partial charge in [-0.3, -0.25) is 14.7 Å². The molecule has 1 saturated heterocycles. The summed E-state index contributed by atoms with van der Waals surface area (Å²) < 4.78 is 33.4. The summed E-state index contributed by atoms with van der Waals surface area (Å²) in [6.45, 7) is 2.33. The maximum absolute atomic E-state index is 13.1. The topological polar surface area (TPSA) is 136 Å². The Bertz CT molecular complexity index is 1150. The largest absolute Gasteiger partial charge is 0.389 e. The maximum atomic E-state index is 13.1. The summed E-state index contributed by atoms with van der Waals surface area (Å²) in [7, 11) is -3.78. The Morgan fingerprint density at radius 3 is 2.50 bits per heavy atom. The lowest BCUT2D eigenvalue weighted by atomic mass is 9.98. The van der Waals surface area contributed by atoms with Gasteiger partial charge < -0.3 is 14.8 Å². The molecular weight excluding hydrogens is 436 g/mol. The van der Waals surface area contributed by atoms with Crippen molar-refractivity contribution >= 4 is 20.9 Å². The minimum absolute atomic E-state index is 0.0110. The lowest BCUT2D eigenvalue weighted by Gasteiger charge is -2.35. The van der Waals surface area contributed by atoms with E-state index < -0.39 is 27.4 Å². The van der Waals surface area contributed by atoms with E-state index in [0.717, 1.165) is 12.8 Å². The van der Waals surface area contributed by atoms with Gasteiger partial charge in [-0.1, -0.05) is 19.3 Å². The molecule has 0 spiro atoms. The summed E-state index contributed by atoms with van der Waals surface area (Å²) in [5, 5.41) is 10.4. The molecule has 0 amide bonds. The molecule has 2 fully saturated rings. The minimum Gasteiger partial charge on any atom is -0.389 e. The van der Waals surface area contributed by atoms with Gasteiger partial charge in [0, 0.05) is 32.7 Å². The molecule has 2 aromatic rings. The summed E-state index contributed by atoms with van der Waals surface area (Å²) in [5.41, 5.74) is -0.984. The van der Waals surface area contributed by atoms with Gasteiger partial charge in [-0.2, -0.15) is 4.31 Å². The maximum Gasteiger partial charge on any atom is 0.326 e. The predicted molar refractivity (Wildman–Crippen MR) is 119 cm³/mol. The minimum atomic E-state index is -3.78. The van der Waals surface area contributed by atoms with Crippen molar-refractivity contribution in [1.82, 2.24) is 19.2 Å². The SMILES string of the molecule is O=c1[nH]c(=O)c2cc(S(=O)(=O)N3CCN(CC(O)COC4CCCCC4)CC3)ccc2[nH]1. The highest BCUT2D eigenvalue weighted by molar-refractivity contribution is 7.89. The lowest BCUT2D eigenvalue weighted by molar-refractivity contribution is -0.0353. The van der Waals surface area contributed by atoms with E-state index in [4.69, 9.17) is 4.74 Å². The van der Waals surface area contributed by atoms with Gasteiger partial charge in [-0.25, -0.2) is 13.2 Å². The molecule has 3 N–H and O–H groups in total. The third-order valence-electron chi connectivity index (χ3n) is 6.23. The van der Waals surface area contributed by atoms with Crippen molar-refractivity contribution in [3.8, 4) is 0 Å². The molecule has 176 valence electrons. The zero-order chi connectivity index (χ0) is 22.7. The van der Waals surface area contributed by atoms with E-state index in [1.807, 2.05) is 4.90 Å². The molecule has 1 aromatic carbocycles. The monoisotopic (exact) mass is 466 g/mol. The van der Waals surface area contributed by atoms with Crippen LogP contribution in [0.1, 0.15) is 32.1 Å². The number of rotatable bonds is 7. The van der Waals surface area contributed by atoms with E-state index in [0.29, 0.717) is 39.3 Å². The molecule has 4 rings (SSSR count). The van der Waals surface area contributed by atoms with E-state index in [-0.39, 0.29) is 21.9 Å². The number of H-pyrrole nitrogens is 2. The molecule has 1 aliphatic heterocycles. The van der Waals surface area contributed by atoms with E-state index in [1.165, 1.54) is 41.8 Å². The van der Waals surface area contributed by atoms with Gasteiger partial charge in [-0.15, -0.1) is 0 Å². The molecule has 0 radical (unpaired) electrons. The predicted octanol–water partition coefficient (Wildman–Crippen LogP) is 0.233. The molecule has 1 aliphatic carbocycles. The highest BCUT2D eigenvalue weighted by Gasteiger charge is 2.29. The fraction of sp³-hybridized carbons (Fsp3) is 0.619. The second kappa shape index (κ2) is 9.84. The number of β-amino-alcohol motifs (C(OH)–C–C–N with tert-alkyl or cyclic N) is 1. The molecule has 1 saturated carbocycles. The molecule has 11 heteroatoms. The van der Waals surface area contributed by atoms with Crippen LogP contribution in [-0.2, 0) is 14.8 Å². The summed E-state index contributed by atoms with van der Waals surface area (Å²) in [6, 6.07) is 4.11. The van der Waals surface area contributed by atoms with Crippen molar-refractivity contribution in [2.45, 2.75) is 49.2 Å². The molecule has 2 aliphatic rings. The number of hydrogen-bond acceptors (Lipinski definition) is 7. The highest BCUT2D eigenvalue weighted by Crippen LogP contribution is 2.22. The molecule has 1 aromatic heterocycles. The van der Waals surface area contributed by atoms with Crippen LogP contribution < -0.4 is 11.2 Å². The van der Waals surface area contributed by atoms with Gasteiger partial charge >= 0.3 is 5.69 Å². The molecule has 32 heavy (non-hydrogen) atoms. The van der Waals surface area contributed by atoms with Crippen LogP contribution >= 0.6 is 0 Å². The smallest absolute Gasteiger partial charge is 0.326 e. The average molecular weight is 467 g/mol. The average Bonchev–Trinajstić information content (AvgIpc) is 2.78. The first-order valence-corrected chi connectivity index (χ1v) is 12.6. The molecule has 1 unspecified atom stereocenters.